The predicted molar refractivity (Wildman–Crippen MR) is 176 cm³/mol. The van der Waals surface area contributed by atoms with Crippen molar-refractivity contribution in [1.29, 1.82) is 0 Å². The van der Waals surface area contributed by atoms with Gasteiger partial charge in [-0.25, -0.2) is 0 Å². The Morgan fingerprint density at radius 3 is 2.11 bits per heavy atom. The van der Waals surface area contributed by atoms with Gasteiger partial charge in [-0.2, -0.15) is 0 Å². The molecule has 4 unspecified atom stereocenters. The highest BCUT2D eigenvalue weighted by Gasteiger charge is 2.52. The van der Waals surface area contributed by atoms with Crippen molar-refractivity contribution >= 4 is 17.7 Å². The molecule has 3 aliphatic rings. The lowest BCUT2D eigenvalue weighted by Gasteiger charge is -2.43. The van der Waals surface area contributed by atoms with Gasteiger partial charge in [0.25, 0.3) is 0 Å². The Labute approximate surface area is 272 Å². The molecule has 2 bridgehead atoms. The number of hydrogen-bond donors (Lipinski definition) is 1. The molecule has 3 heterocycles. The van der Waals surface area contributed by atoms with Gasteiger partial charge in [0.1, 0.15) is 11.4 Å². The third kappa shape index (κ3) is 7.09. The van der Waals surface area contributed by atoms with E-state index in [1.165, 1.54) is 7.11 Å². The minimum atomic E-state index is -1.11. The van der Waals surface area contributed by atoms with Crippen molar-refractivity contribution < 1.29 is 29.0 Å². The van der Waals surface area contributed by atoms with Crippen molar-refractivity contribution in [3.63, 3.8) is 0 Å². The molecule has 0 aliphatic carbocycles. The molecule has 0 spiro atoms. The molecule has 0 aromatic heterocycles. The van der Waals surface area contributed by atoms with Gasteiger partial charge in [0.2, 0.25) is 0 Å². The van der Waals surface area contributed by atoms with Crippen LogP contribution in [0.5, 0.6) is 5.75 Å². The number of esters is 2. The van der Waals surface area contributed by atoms with Gasteiger partial charge in [0.15, 0.2) is 5.78 Å². The second kappa shape index (κ2) is 14.3. The van der Waals surface area contributed by atoms with Crippen LogP contribution in [-0.4, -0.2) is 79.0 Å². The molecule has 3 fully saturated rings. The molecule has 0 radical (unpaired) electrons. The number of carbonyl (C=O) groups is 3. The topological polar surface area (TPSA) is 96.4 Å². The van der Waals surface area contributed by atoms with Crippen molar-refractivity contribution in [3.05, 3.63) is 101 Å². The predicted octanol–water partition coefficient (Wildman–Crippen LogP) is 5.19. The number of methoxy groups -OCH3 is 1. The first kappa shape index (κ1) is 33.5. The van der Waals surface area contributed by atoms with Crippen molar-refractivity contribution in [3.8, 4) is 5.75 Å². The summed E-state index contributed by atoms with van der Waals surface area (Å²) in [7, 11) is 5.41. The largest absolute Gasteiger partial charge is 0.469 e. The summed E-state index contributed by atoms with van der Waals surface area (Å²) in [5.74, 6) is -1.43. The van der Waals surface area contributed by atoms with Crippen LogP contribution in [0.4, 0.5) is 0 Å². The van der Waals surface area contributed by atoms with E-state index in [-0.39, 0.29) is 23.8 Å². The van der Waals surface area contributed by atoms with Crippen LogP contribution in [0.2, 0.25) is 0 Å². The number of hydrogen-bond acceptors (Lipinski definition) is 8. The molecular formula is C38H46N2O6. The number of piperidine rings is 2. The maximum absolute atomic E-state index is 13.1. The van der Waals surface area contributed by atoms with Crippen LogP contribution < -0.4 is 4.74 Å². The standard InChI is InChI=1S/C21H25NO2.C17H21NO4/c1-15-4-8-17(9-5-15)20(23)19-14-22(3)13-12-21(19,24)18-10-6-16(2)7-11-18;1-18-11-8-9-14(18)15(17(20)21-2)13(10-11)16(19)22-12-6-4-3-5-7-12/h4-11,19,24H,12-14H2,1-3H3;3-7,11,13-15H,8-10H2,1-2H3/t;11?,13-,14?,15-/m.0/s1. The first-order chi connectivity index (χ1) is 22.0. The number of likely N-dealkylation sites (tertiary alicyclic amines) is 1. The lowest BCUT2D eigenvalue weighted by molar-refractivity contribution is -0.160. The second-order valence-electron chi connectivity index (χ2n) is 13.2. The van der Waals surface area contributed by atoms with Gasteiger partial charge in [-0.3, -0.25) is 19.3 Å². The van der Waals surface area contributed by atoms with Crippen LogP contribution in [-0.2, 0) is 19.9 Å². The summed E-state index contributed by atoms with van der Waals surface area (Å²) in [4.78, 5) is 42.3. The number of nitrogens with zero attached hydrogens (tertiary/aromatic N) is 2. The van der Waals surface area contributed by atoms with Crippen LogP contribution in [0, 0.1) is 31.6 Å². The number of benzene rings is 3. The molecule has 6 rings (SSSR count). The fraction of sp³-hybridized carbons (Fsp3) is 0.447. The maximum Gasteiger partial charge on any atom is 0.315 e. The zero-order valence-corrected chi connectivity index (χ0v) is 27.5. The summed E-state index contributed by atoms with van der Waals surface area (Å²) >= 11 is 0. The molecule has 0 amide bonds. The highest BCUT2D eigenvalue weighted by atomic mass is 16.5. The van der Waals surface area contributed by atoms with Gasteiger partial charge < -0.3 is 19.5 Å². The Morgan fingerprint density at radius 1 is 0.848 bits per heavy atom. The van der Waals surface area contributed by atoms with Gasteiger partial charge >= 0.3 is 11.9 Å². The quantitative estimate of drug-likeness (QED) is 0.227. The van der Waals surface area contributed by atoms with E-state index in [1.807, 2.05) is 94.7 Å². The maximum atomic E-state index is 13.1. The Morgan fingerprint density at radius 2 is 1.48 bits per heavy atom. The number of Topliss-reactive ketones (excluding diaryl/α,β-unsaturated/α-hetero) is 1. The van der Waals surface area contributed by atoms with Crippen LogP contribution in [0.25, 0.3) is 0 Å². The average molecular weight is 627 g/mol. The van der Waals surface area contributed by atoms with E-state index in [0.717, 1.165) is 36.1 Å². The zero-order valence-electron chi connectivity index (χ0n) is 27.5. The van der Waals surface area contributed by atoms with E-state index < -0.39 is 23.4 Å². The van der Waals surface area contributed by atoms with Crippen LogP contribution in [0.3, 0.4) is 0 Å². The number of fused-ring (bicyclic) bond motifs is 2. The van der Waals surface area contributed by atoms with Crippen molar-refractivity contribution in [1.82, 2.24) is 9.80 Å². The van der Waals surface area contributed by atoms with Crippen molar-refractivity contribution in [2.45, 2.75) is 57.2 Å². The lowest BCUT2D eigenvalue weighted by Crippen LogP contribution is -2.52. The third-order valence-corrected chi connectivity index (χ3v) is 10.2. The Balaban J connectivity index is 0.000000182. The molecule has 3 aromatic carbocycles. The molecule has 8 nitrogen and oxygen atoms in total. The number of rotatable bonds is 6. The molecule has 0 saturated carbocycles. The highest BCUT2D eigenvalue weighted by molar-refractivity contribution is 5.99. The first-order valence-electron chi connectivity index (χ1n) is 16.2. The molecule has 1 N–H and O–H groups in total. The number of ketones is 1. The van der Waals surface area contributed by atoms with Crippen LogP contribution >= 0.6 is 0 Å². The molecule has 3 aromatic rings. The van der Waals surface area contributed by atoms with Crippen LogP contribution in [0.15, 0.2) is 78.9 Å². The highest BCUT2D eigenvalue weighted by Crippen LogP contribution is 2.43. The summed E-state index contributed by atoms with van der Waals surface area (Å²) < 4.78 is 10.4. The summed E-state index contributed by atoms with van der Waals surface area (Å²) in [5, 5.41) is 11.4. The monoisotopic (exact) mass is 626 g/mol. The average Bonchev–Trinajstić information content (AvgIpc) is 3.28. The van der Waals surface area contributed by atoms with Crippen LogP contribution in [0.1, 0.15) is 52.7 Å². The lowest BCUT2D eigenvalue weighted by atomic mass is 9.72. The van der Waals surface area contributed by atoms with Gasteiger partial charge in [0, 0.05) is 30.7 Å². The van der Waals surface area contributed by atoms with Gasteiger partial charge in [-0.15, -0.1) is 0 Å². The van der Waals surface area contributed by atoms with E-state index in [1.54, 1.807) is 12.1 Å². The molecule has 244 valence electrons. The Kier molecular flexibility index (Phi) is 10.4. The van der Waals surface area contributed by atoms with Gasteiger partial charge in [-0.1, -0.05) is 77.9 Å². The smallest absolute Gasteiger partial charge is 0.315 e. The van der Waals surface area contributed by atoms with Crippen molar-refractivity contribution in [2.75, 3.05) is 34.3 Å². The molecule has 6 atom stereocenters. The number of aryl methyl sites for hydroxylation is 2. The third-order valence-electron chi connectivity index (χ3n) is 10.2. The fourth-order valence-electron chi connectivity index (χ4n) is 7.34. The Bertz CT molecular complexity index is 1510. The van der Waals surface area contributed by atoms with E-state index in [4.69, 9.17) is 9.47 Å². The fourth-order valence-corrected chi connectivity index (χ4v) is 7.34. The minimum Gasteiger partial charge on any atom is -0.469 e. The summed E-state index contributed by atoms with van der Waals surface area (Å²) in [5.41, 5.74) is 2.68. The molecule has 8 heteroatoms. The molecule has 3 saturated heterocycles. The number of para-hydroxylation sites is 1. The van der Waals surface area contributed by atoms with E-state index >= 15 is 0 Å². The van der Waals surface area contributed by atoms with Crippen molar-refractivity contribution in [2.24, 2.45) is 17.8 Å². The van der Waals surface area contributed by atoms with E-state index in [2.05, 4.69) is 9.80 Å². The SMILES string of the molecule is COC(=O)[C@@H]1C2CCC(C[C@@H]1C(=O)Oc1ccccc1)N2C.Cc1ccc(C(=O)C2CN(C)CCC2(O)c2ccc(C)cc2)cc1. The summed E-state index contributed by atoms with van der Waals surface area (Å²) in [6.45, 7) is 5.38. The van der Waals surface area contributed by atoms with E-state index in [0.29, 0.717) is 36.7 Å². The van der Waals surface area contributed by atoms with E-state index in [9.17, 15) is 19.5 Å². The summed E-state index contributed by atoms with van der Waals surface area (Å²) in [6.07, 6.45) is 3.16. The molecular weight excluding hydrogens is 580 g/mol. The zero-order chi connectivity index (χ0) is 33.0. The normalized spacial score (nSPS) is 27.7. The number of carbonyl (C=O) groups excluding carboxylic acids is 3. The van der Waals surface area contributed by atoms with Gasteiger partial charge in [0.05, 0.1) is 24.9 Å². The molecule has 46 heavy (non-hydrogen) atoms. The summed E-state index contributed by atoms with van der Waals surface area (Å²) in [6, 6.07) is 24.9. The number of aliphatic hydroxyl groups is 1. The minimum absolute atomic E-state index is 0.0182. The molecule has 3 aliphatic heterocycles. The second-order valence-corrected chi connectivity index (χ2v) is 13.2. The van der Waals surface area contributed by atoms with Gasteiger partial charge in [-0.05, 0) is 71.3 Å². The first-order valence-corrected chi connectivity index (χ1v) is 16.2. The Hall–Kier alpha value is -3.85. The number of ether oxygens (including phenoxy) is 2.